The van der Waals surface area contributed by atoms with E-state index in [0.717, 1.165) is 24.7 Å². The van der Waals surface area contributed by atoms with Gasteiger partial charge in [0.15, 0.2) is 0 Å². The van der Waals surface area contributed by atoms with Gasteiger partial charge in [0, 0.05) is 6.42 Å². The van der Waals surface area contributed by atoms with Crippen LogP contribution in [0.1, 0.15) is 52.9 Å². The minimum absolute atomic E-state index is 0.136. The molecule has 0 aromatic carbocycles. The summed E-state index contributed by atoms with van der Waals surface area (Å²) in [5.74, 6) is 1.91. The van der Waals surface area contributed by atoms with Crippen molar-refractivity contribution in [3.05, 3.63) is 0 Å². The average Bonchev–Trinajstić information content (AvgIpc) is 2.17. The standard InChI is InChI=1S/C13H25NO/c1-10(2)12-4-6-13(9-14,7-5-12)8-11(3)15/h10,12H,4-9,14H2,1-3H3. The van der Waals surface area contributed by atoms with Crippen molar-refractivity contribution in [2.75, 3.05) is 6.54 Å². The molecule has 1 saturated carbocycles. The van der Waals surface area contributed by atoms with Crippen LogP contribution in [0.3, 0.4) is 0 Å². The normalized spacial score (nSPS) is 31.9. The lowest BCUT2D eigenvalue weighted by Gasteiger charge is -2.40. The average molecular weight is 211 g/mol. The molecule has 1 fully saturated rings. The Morgan fingerprint density at radius 3 is 2.27 bits per heavy atom. The van der Waals surface area contributed by atoms with Crippen molar-refractivity contribution in [3.8, 4) is 0 Å². The number of carbonyl (C=O) groups excluding carboxylic acids is 1. The van der Waals surface area contributed by atoms with Crippen LogP contribution in [0.2, 0.25) is 0 Å². The van der Waals surface area contributed by atoms with E-state index in [1.807, 2.05) is 0 Å². The Labute approximate surface area is 93.6 Å². The van der Waals surface area contributed by atoms with Gasteiger partial charge >= 0.3 is 0 Å². The fraction of sp³-hybridized carbons (Fsp3) is 0.923. The maximum atomic E-state index is 11.2. The highest BCUT2D eigenvalue weighted by Gasteiger charge is 2.35. The fourth-order valence-corrected chi connectivity index (χ4v) is 2.90. The van der Waals surface area contributed by atoms with Gasteiger partial charge < -0.3 is 10.5 Å². The zero-order valence-corrected chi connectivity index (χ0v) is 10.4. The third kappa shape index (κ3) is 3.30. The molecule has 0 aromatic rings. The van der Waals surface area contributed by atoms with Crippen LogP contribution < -0.4 is 5.73 Å². The molecule has 0 saturated heterocycles. The summed E-state index contributed by atoms with van der Waals surface area (Å²) < 4.78 is 0. The van der Waals surface area contributed by atoms with Gasteiger partial charge in [-0.25, -0.2) is 0 Å². The number of ketones is 1. The first kappa shape index (κ1) is 12.7. The molecule has 2 nitrogen and oxygen atoms in total. The SMILES string of the molecule is CC(=O)CC1(CN)CCC(C(C)C)CC1. The van der Waals surface area contributed by atoms with Crippen molar-refractivity contribution in [3.63, 3.8) is 0 Å². The smallest absolute Gasteiger partial charge is 0.130 e. The van der Waals surface area contributed by atoms with Crippen LogP contribution in [0.15, 0.2) is 0 Å². The predicted octanol–water partition coefficient (Wildman–Crippen LogP) is 2.76. The Morgan fingerprint density at radius 1 is 1.40 bits per heavy atom. The second-order valence-corrected chi connectivity index (χ2v) is 5.66. The van der Waals surface area contributed by atoms with Gasteiger partial charge in [-0.3, -0.25) is 0 Å². The minimum atomic E-state index is 0.136. The van der Waals surface area contributed by atoms with Crippen molar-refractivity contribution in [1.82, 2.24) is 0 Å². The van der Waals surface area contributed by atoms with Crippen molar-refractivity contribution < 1.29 is 4.79 Å². The highest BCUT2D eigenvalue weighted by atomic mass is 16.1. The first-order valence-electron chi connectivity index (χ1n) is 6.18. The van der Waals surface area contributed by atoms with Crippen molar-refractivity contribution in [2.24, 2.45) is 23.0 Å². The summed E-state index contributed by atoms with van der Waals surface area (Å²) in [6.45, 7) is 6.96. The van der Waals surface area contributed by atoms with Crippen LogP contribution in [0.5, 0.6) is 0 Å². The first-order valence-corrected chi connectivity index (χ1v) is 6.18. The Kier molecular flexibility index (Phi) is 4.32. The van der Waals surface area contributed by atoms with E-state index >= 15 is 0 Å². The molecule has 0 aromatic heterocycles. The van der Waals surface area contributed by atoms with Crippen LogP contribution in [0, 0.1) is 17.3 Å². The van der Waals surface area contributed by atoms with E-state index in [2.05, 4.69) is 13.8 Å². The van der Waals surface area contributed by atoms with E-state index < -0.39 is 0 Å². The van der Waals surface area contributed by atoms with Gasteiger partial charge in [0.2, 0.25) is 0 Å². The third-order valence-electron chi connectivity index (χ3n) is 4.09. The summed E-state index contributed by atoms with van der Waals surface area (Å²) in [6.07, 6.45) is 5.48. The van der Waals surface area contributed by atoms with E-state index in [-0.39, 0.29) is 5.41 Å². The summed E-state index contributed by atoms with van der Waals surface area (Å²) in [7, 11) is 0. The molecule has 2 heteroatoms. The van der Waals surface area contributed by atoms with E-state index in [1.165, 1.54) is 12.8 Å². The van der Waals surface area contributed by atoms with Gasteiger partial charge in [-0.2, -0.15) is 0 Å². The fourth-order valence-electron chi connectivity index (χ4n) is 2.90. The Balaban J connectivity index is 2.54. The third-order valence-corrected chi connectivity index (χ3v) is 4.09. The minimum Gasteiger partial charge on any atom is -0.330 e. The summed E-state index contributed by atoms with van der Waals surface area (Å²) in [6, 6.07) is 0. The lowest BCUT2D eigenvalue weighted by molar-refractivity contribution is -0.119. The molecule has 0 aliphatic heterocycles. The number of Topliss-reactive ketones (excluding diaryl/α,β-unsaturated/α-hetero) is 1. The van der Waals surface area contributed by atoms with Gasteiger partial charge in [-0.05, 0) is 56.4 Å². The van der Waals surface area contributed by atoms with Crippen molar-refractivity contribution >= 4 is 5.78 Å². The van der Waals surface area contributed by atoms with Crippen LogP contribution >= 0.6 is 0 Å². The zero-order chi connectivity index (χ0) is 11.5. The Hall–Kier alpha value is -0.370. The monoisotopic (exact) mass is 211 g/mol. The molecule has 0 amide bonds. The molecule has 0 spiro atoms. The highest BCUT2D eigenvalue weighted by Crippen LogP contribution is 2.43. The van der Waals surface area contributed by atoms with Crippen LogP contribution in [0.4, 0.5) is 0 Å². The van der Waals surface area contributed by atoms with E-state index in [4.69, 9.17) is 5.73 Å². The molecule has 1 aliphatic carbocycles. The molecule has 1 rings (SSSR count). The highest BCUT2D eigenvalue weighted by molar-refractivity contribution is 5.76. The summed E-state index contributed by atoms with van der Waals surface area (Å²) in [5, 5.41) is 0. The molecule has 1 aliphatic rings. The van der Waals surface area contributed by atoms with Gasteiger partial charge in [0.1, 0.15) is 5.78 Å². The first-order chi connectivity index (χ1) is 6.99. The number of rotatable bonds is 4. The lowest BCUT2D eigenvalue weighted by atomic mass is 9.66. The maximum Gasteiger partial charge on any atom is 0.130 e. The number of hydrogen-bond acceptors (Lipinski definition) is 2. The molecule has 2 N–H and O–H groups in total. The lowest BCUT2D eigenvalue weighted by Crippen LogP contribution is -2.37. The number of nitrogens with two attached hydrogens (primary N) is 1. The zero-order valence-electron chi connectivity index (χ0n) is 10.4. The predicted molar refractivity (Wildman–Crippen MR) is 63.6 cm³/mol. The van der Waals surface area contributed by atoms with Crippen LogP contribution in [-0.2, 0) is 4.79 Å². The molecular formula is C13H25NO. The number of hydrogen-bond donors (Lipinski definition) is 1. The number of carbonyl (C=O) groups is 1. The van der Waals surface area contributed by atoms with Crippen LogP contribution in [0.25, 0.3) is 0 Å². The summed E-state index contributed by atoms with van der Waals surface area (Å²) in [5.41, 5.74) is 5.99. The largest absolute Gasteiger partial charge is 0.330 e. The van der Waals surface area contributed by atoms with Crippen LogP contribution in [-0.4, -0.2) is 12.3 Å². The van der Waals surface area contributed by atoms with Gasteiger partial charge in [-0.15, -0.1) is 0 Å². The molecular weight excluding hydrogens is 186 g/mol. The van der Waals surface area contributed by atoms with Gasteiger partial charge in [-0.1, -0.05) is 13.8 Å². The van der Waals surface area contributed by atoms with E-state index in [9.17, 15) is 4.79 Å². The van der Waals surface area contributed by atoms with Gasteiger partial charge in [0.25, 0.3) is 0 Å². The summed E-state index contributed by atoms with van der Waals surface area (Å²) >= 11 is 0. The molecule has 0 heterocycles. The maximum absolute atomic E-state index is 11.2. The van der Waals surface area contributed by atoms with E-state index in [1.54, 1.807) is 6.92 Å². The molecule has 0 unspecified atom stereocenters. The molecule has 15 heavy (non-hydrogen) atoms. The molecule has 0 radical (unpaired) electrons. The molecule has 0 bridgehead atoms. The summed E-state index contributed by atoms with van der Waals surface area (Å²) in [4.78, 5) is 11.2. The van der Waals surface area contributed by atoms with E-state index in [0.29, 0.717) is 18.7 Å². The second kappa shape index (κ2) is 5.11. The Morgan fingerprint density at radius 2 is 1.93 bits per heavy atom. The van der Waals surface area contributed by atoms with Crippen molar-refractivity contribution in [2.45, 2.75) is 52.9 Å². The van der Waals surface area contributed by atoms with Gasteiger partial charge in [0.05, 0.1) is 0 Å². The van der Waals surface area contributed by atoms with Crippen molar-refractivity contribution in [1.29, 1.82) is 0 Å². The molecule has 0 atom stereocenters. The molecule has 88 valence electrons. The topological polar surface area (TPSA) is 43.1 Å². The Bertz CT molecular complexity index is 215. The second-order valence-electron chi connectivity index (χ2n) is 5.66. The quantitative estimate of drug-likeness (QED) is 0.777.